The van der Waals surface area contributed by atoms with E-state index in [-0.39, 0.29) is 61.1 Å². The first-order valence-electron chi connectivity index (χ1n) is 16.9. The number of rotatable bonds is 9. The van der Waals surface area contributed by atoms with Crippen LogP contribution in [0.1, 0.15) is 32.1 Å². The van der Waals surface area contributed by atoms with Gasteiger partial charge in [-0.25, -0.2) is 19.7 Å². The number of carbonyl (C=O) groups excluding carboxylic acids is 1. The van der Waals surface area contributed by atoms with Gasteiger partial charge in [-0.3, -0.25) is 9.69 Å². The number of thiophene rings is 1. The Kier molecular flexibility index (Phi) is 8.71. The molecule has 0 unspecified atom stereocenters. The quantitative estimate of drug-likeness (QED) is 0.101. The second kappa shape index (κ2) is 13.1. The van der Waals surface area contributed by atoms with Crippen molar-refractivity contribution in [3.8, 4) is 22.9 Å². The first kappa shape index (κ1) is 33.9. The minimum atomic E-state index is -1.11. The van der Waals surface area contributed by atoms with Gasteiger partial charge in [0.15, 0.2) is 17.4 Å². The summed E-state index contributed by atoms with van der Waals surface area (Å²) in [6.07, 6.45) is 2.45. The van der Waals surface area contributed by atoms with Gasteiger partial charge >= 0.3 is 6.01 Å². The minimum absolute atomic E-state index is 0.00158. The third-order valence-electron chi connectivity index (χ3n) is 10.4. The number of ether oxygens (including phenoxy) is 2. The molecule has 3 aliphatic heterocycles. The van der Waals surface area contributed by atoms with Crippen molar-refractivity contribution in [2.75, 3.05) is 50.8 Å². The van der Waals surface area contributed by atoms with Crippen LogP contribution in [0.25, 0.3) is 37.0 Å². The van der Waals surface area contributed by atoms with E-state index < -0.39 is 40.4 Å². The normalized spacial score (nSPS) is 23.5. The van der Waals surface area contributed by atoms with Crippen LogP contribution in [0.5, 0.6) is 11.8 Å². The third-order valence-corrected chi connectivity index (χ3v) is 11.6. The van der Waals surface area contributed by atoms with Gasteiger partial charge in [-0.05, 0) is 49.9 Å². The van der Waals surface area contributed by atoms with E-state index in [1.165, 1.54) is 4.90 Å². The lowest BCUT2D eigenvalue weighted by Gasteiger charge is -2.40. The molecule has 0 N–H and O–H groups in total. The van der Waals surface area contributed by atoms with E-state index in [2.05, 4.69) is 16.3 Å². The van der Waals surface area contributed by atoms with Gasteiger partial charge in [-0.1, -0.05) is 30.3 Å². The number of nitrogens with zero attached hydrogens (tertiary/aromatic N) is 6. The Morgan fingerprint density at radius 3 is 2.78 bits per heavy atom. The lowest BCUT2D eigenvalue weighted by atomic mass is 9.95. The highest BCUT2D eigenvalue weighted by molar-refractivity contribution is 7.17. The van der Waals surface area contributed by atoms with Gasteiger partial charge < -0.3 is 24.1 Å². The Labute approximate surface area is 300 Å². The van der Waals surface area contributed by atoms with Crippen molar-refractivity contribution in [1.29, 1.82) is 0 Å². The van der Waals surface area contributed by atoms with E-state index in [4.69, 9.17) is 37.6 Å². The van der Waals surface area contributed by atoms with Crippen LogP contribution in [0.3, 0.4) is 0 Å². The molecule has 5 heterocycles. The number of amides is 1. The van der Waals surface area contributed by atoms with E-state index in [0.29, 0.717) is 56.8 Å². The van der Waals surface area contributed by atoms with Gasteiger partial charge in [0.05, 0.1) is 16.7 Å². The molecular weight excluding hydrogens is 708 g/mol. The van der Waals surface area contributed by atoms with Gasteiger partial charge in [0, 0.05) is 53.6 Å². The van der Waals surface area contributed by atoms with Crippen molar-refractivity contribution in [3.63, 3.8) is 0 Å². The van der Waals surface area contributed by atoms with Gasteiger partial charge in [0.2, 0.25) is 11.7 Å². The van der Waals surface area contributed by atoms with Crippen LogP contribution in [0.4, 0.5) is 23.4 Å². The Balaban J connectivity index is 1.29. The van der Waals surface area contributed by atoms with Crippen molar-refractivity contribution >= 4 is 55.7 Å². The van der Waals surface area contributed by atoms with Crippen molar-refractivity contribution < 1.29 is 31.8 Å². The number of halogens is 5. The number of benzene rings is 2. The van der Waals surface area contributed by atoms with E-state index in [1.54, 1.807) is 24.3 Å². The summed E-state index contributed by atoms with van der Waals surface area (Å²) < 4.78 is 71.9. The zero-order chi connectivity index (χ0) is 35.6. The van der Waals surface area contributed by atoms with Crippen LogP contribution >= 0.6 is 22.9 Å². The van der Waals surface area contributed by atoms with Gasteiger partial charge in [0.1, 0.15) is 30.2 Å². The number of aromatic nitrogens is 2. The fourth-order valence-corrected chi connectivity index (χ4v) is 8.99. The molecule has 51 heavy (non-hydrogen) atoms. The topological polar surface area (TPSA) is 75.4 Å². The van der Waals surface area contributed by atoms with Gasteiger partial charge in [-0.2, -0.15) is 14.4 Å². The molecule has 4 fully saturated rings. The molecule has 4 aromatic rings. The van der Waals surface area contributed by atoms with Crippen molar-refractivity contribution in [2.24, 2.45) is 0 Å². The molecule has 3 saturated heterocycles. The van der Waals surface area contributed by atoms with E-state index in [0.717, 1.165) is 32.2 Å². The second-order valence-electron chi connectivity index (χ2n) is 13.7. The number of alkyl halides is 1. The number of fused-ring (bicyclic) bond motifs is 3. The van der Waals surface area contributed by atoms with Gasteiger partial charge in [-0.15, -0.1) is 11.3 Å². The molecule has 1 amide bonds. The number of hydrogen-bond acceptors (Lipinski definition) is 8. The summed E-state index contributed by atoms with van der Waals surface area (Å²) in [5.74, 6) is -2.32. The first-order chi connectivity index (χ1) is 24.6. The predicted octanol–water partition coefficient (Wildman–Crippen LogP) is 7.36. The summed E-state index contributed by atoms with van der Waals surface area (Å²) in [5, 5.41) is -0.203. The lowest BCUT2D eigenvalue weighted by Crippen LogP contribution is -2.56. The fourth-order valence-electron chi connectivity index (χ4n) is 7.86. The lowest BCUT2D eigenvalue weighted by molar-refractivity contribution is -0.131. The summed E-state index contributed by atoms with van der Waals surface area (Å²) in [6, 6.07) is 5.97. The maximum Gasteiger partial charge on any atom is 0.319 e. The molecule has 15 heteroatoms. The summed E-state index contributed by atoms with van der Waals surface area (Å²) in [4.78, 5) is 31.2. The average Bonchev–Trinajstić information content (AvgIpc) is 3.66. The standard InChI is InChI=1S/C36H33ClF4N6O3S/c1-19(38)34(48)47-12-11-45(17-21(47)15-42-2)33-24-13-25(37)27(23-5-3-6-26-28(23)29(40)32(41)51-26)31(50-22-7-8-22)30(24)43-35(44-33)49-18-36-9-4-10-46(36)16-20(39)14-36/h3,5-6,13,20-22H,1,4,7-12,14-18H2/t20-,21+,36+/m1/s1. The van der Waals surface area contributed by atoms with Crippen LogP contribution < -0.4 is 14.4 Å². The smallest absolute Gasteiger partial charge is 0.319 e. The Morgan fingerprint density at radius 2 is 2.02 bits per heavy atom. The minimum Gasteiger partial charge on any atom is -0.487 e. The highest BCUT2D eigenvalue weighted by Gasteiger charge is 2.49. The maximum atomic E-state index is 15.3. The molecule has 0 bridgehead atoms. The van der Waals surface area contributed by atoms with E-state index in [9.17, 15) is 18.0 Å². The van der Waals surface area contributed by atoms with Crippen LogP contribution in [0.2, 0.25) is 5.02 Å². The highest BCUT2D eigenvalue weighted by Crippen LogP contribution is 2.49. The number of anilines is 1. The SMILES string of the molecule is [C-]#[N+]C[C@H]1CN(c2nc(OC[C@@]34CCCN3C[C@H](F)C4)nc3c(OC4CC4)c(-c4cccc5sc(F)c(F)c45)c(Cl)cc23)CCN1C(=O)C(=C)F. The monoisotopic (exact) mass is 740 g/mol. The third kappa shape index (κ3) is 6.02. The Morgan fingerprint density at radius 1 is 1.20 bits per heavy atom. The zero-order valence-electron chi connectivity index (χ0n) is 27.4. The summed E-state index contributed by atoms with van der Waals surface area (Å²) in [7, 11) is 0. The molecule has 1 aliphatic carbocycles. The Bertz CT molecular complexity index is 2120. The molecule has 0 radical (unpaired) electrons. The van der Waals surface area contributed by atoms with Crippen LogP contribution in [0.15, 0.2) is 36.7 Å². The molecule has 1 saturated carbocycles. The van der Waals surface area contributed by atoms with Crippen LogP contribution in [0, 0.1) is 17.5 Å². The van der Waals surface area contributed by atoms with Crippen LogP contribution in [-0.2, 0) is 4.79 Å². The largest absolute Gasteiger partial charge is 0.487 e. The number of hydrogen-bond donors (Lipinski definition) is 0. The molecule has 3 atom stereocenters. The Hall–Kier alpha value is -4.19. The number of piperazine rings is 1. The van der Waals surface area contributed by atoms with Crippen LogP contribution in [-0.4, -0.2) is 95.4 Å². The second-order valence-corrected chi connectivity index (χ2v) is 15.1. The average molecular weight is 741 g/mol. The molecule has 2 aromatic heterocycles. The fraction of sp³-hybridized carbons (Fsp3) is 0.444. The summed E-state index contributed by atoms with van der Waals surface area (Å²) in [5.41, 5.74) is 0.510. The van der Waals surface area contributed by atoms with Crippen molar-refractivity contribution in [1.82, 2.24) is 19.8 Å². The van der Waals surface area contributed by atoms with E-state index >= 15 is 4.39 Å². The molecule has 2 aromatic carbocycles. The molecule has 9 nitrogen and oxygen atoms in total. The number of carbonyl (C=O) groups is 1. The van der Waals surface area contributed by atoms with E-state index in [1.807, 2.05) is 4.90 Å². The molecule has 266 valence electrons. The zero-order valence-corrected chi connectivity index (χ0v) is 29.0. The highest BCUT2D eigenvalue weighted by atomic mass is 35.5. The first-order valence-corrected chi connectivity index (χ1v) is 18.1. The summed E-state index contributed by atoms with van der Waals surface area (Å²) in [6.45, 7) is 12.3. The maximum absolute atomic E-state index is 15.3. The van der Waals surface area contributed by atoms with Crippen molar-refractivity contribution in [2.45, 2.75) is 56.0 Å². The summed E-state index contributed by atoms with van der Waals surface area (Å²) >= 11 is 7.77. The molecule has 0 spiro atoms. The molecular formula is C36H33ClF4N6O3S. The molecule has 4 aliphatic rings. The predicted molar refractivity (Wildman–Crippen MR) is 187 cm³/mol. The van der Waals surface area contributed by atoms with Gasteiger partial charge in [0.25, 0.3) is 5.91 Å². The molecule has 8 rings (SSSR count). The van der Waals surface area contributed by atoms with Crippen molar-refractivity contribution in [3.05, 3.63) is 64.1 Å².